The monoisotopic (exact) mass is 228 g/mol. The second-order valence-electron chi connectivity index (χ2n) is 3.26. The van der Waals surface area contributed by atoms with Gasteiger partial charge in [0.1, 0.15) is 5.82 Å². The zero-order valence-electron chi connectivity index (χ0n) is 8.86. The van der Waals surface area contributed by atoms with Crippen molar-refractivity contribution < 1.29 is 4.21 Å². The summed E-state index contributed by atoms with van der Waals surface area (Å²) in [5.41, 5.74) is 3.38. The first-order chi connectivity index (χ1) is 7.13. The lowest BCUT2D eigenvalue weighted by molar-refractivity contribution is 0.679. The predicted octanol–water partition coefficient (Wildman–Crippen LogP) is 0.546. The molecule has 2 unspecified atom stereocenters. The van der Waals surface area contributed by atoms with Crippen LogP contribution in [0.1, 0.15) is 6.92 Å². The molecule has 0 bridgehead atoms. The maximum absolute atomic E-state index is 11.1. The number of nitrogens with zero attached hydrogens (tertiary/aromatic N) is 1. The van der Waals surface area contributed by atoms with Gasteiger partial charge in [0.05, 0.1) is 0 Å². The third-order valence-corrected chi connectivity index (χ3v) is 3.37. The molecule has 0 aromatic carbocycles. The molecule has 0 saturated carbocycles. The van der Waals surface area contributed by atoms with Gasteiger partial charge in [-0.25, -0.2) is 10.8 Å². The van der Waals surface area contributed by atoms with Gasteiger partial charge in [0.2, 0.25) is 0 Å². The zero-order chi connectivity index (χ0) is 11.3. The van der Waals surface area contributed by atoms with Gasteiger partial charge in [0.15, 0.2) is 0 Å². The molecule has 15 heavy (non-hydrogen) atoms. The van der Waals surface area contributed by atoms with E-state index in [0.717, 1.165) is 5.69 Å². The number of nitrogen functional groups attached to an aromatic ring is 1. The second-order valence-corrected chi connectivity index (χ2v) is 5.07. The van der Waals surface area contributed by atoms with Gasteiger partial charge >= 0.3 is 0 Å². The number of hydrogen-bond acceptors (Lipinski definition) is 5. The molecule has 5 nitrogen and oxygen atoms in total. The minimum atomic E-state index is -0.810. The Labute approximate surface area is 91.9 Å². The van der Waals surface area contributed by atoms with Crippen molar-refractivity contribution in [3.05, 3.63) is 18.3 Å². The molecule has 0 radical (unpaired) electrons. The number of hydrazine groups is 1. The Hall–Kier alpha value is -1.14. The Bertz CT molecular complexity index is 345. The number of rotatable bonds is 5. The Balaban J connectivity index is 2.53. The quantitative estimate of drug-likeness (QED) is 0.506. The first-order valence-corrected chi connectivity index (χ1v) is 6.24. The lowest BCUT2D eigenvalue weighted by Gasteiger charge is -2.11. The van der Waals surface area contributed by atoms with Gasteiger partial charge < -0.3 is 10.7 Å². The van der Waals surface area contributed by atoms with E-state index in [1.165, 1.54) is 0 Å². The molecule has 84 valence electrons. The van der Waals surface area contributed by atoms with Crippen molar-refractivity contribution in [1.82, 2.24) is 4.98 Å². The van der Waals surface area contributed by atoms with Crippen LogP contribution in [0.5, 0.6) is 0 Å². The number of aromatic nitrogens is 1. The van der Waals surface area contributed by atoms with Crippen molar-refractivity contribution in [2.75, 3.05) is 23.5 Å². The summed E-state index contributed by atoms with van der Waals surface area (Å²) in [5, 5.41) is 3.29. The van der Waals surface area contributed by atoms with Crippen molar-refractivity contribution in [3.63, 3.8) is 0 Å². The van der Waals surface area contributed by atoms with Gasteiger partial charge in [0.25, 0.3) is 0 Å². The molecule has 0 aliphatic carbocycles. The molecule has 0 saturated heterocycles. The van der Waals surface area contributed by atoms with Gasteiger partial charge in [-0.05, 0) is 13.0 Å². The maximum atomic E-state index is 11.1. The fourth-order valence-electron chi connectivity index (χ4n) is 0.998. The molecule has 0 aliphatic heterocycles. The van der Waals surface area contributed by atoms with Crippen LogP contribution in [-0.4, -0.2) is 27.2 Å². The summed E-state index contributed by atoms with van der Waals surface area (Å²) in [6, 6.07) is 3.64. The van der Waals surface area contributed by atoms with Crippen molar-refractivity contribution in [2.45, 2.75) is 12.2 Å². The lowest BCUT2D eigenvalue weighted by atomic mass is 10.3. The fourth-order valence-corrected chi connectivity index (χ4v) is 1.32. The number of nitrogens with one attached hydrogen (secondary N) is 2. The number of nitrogens with two attached hydrogens (primary N) is 1. The average molecular weight is 228 g/mol. The van der Waals surface area contributed by atoms with E-state index in [9.17, 15) is 4.21 Å². The SMILES string of the molecule is CC(CNc1ccnc(NN)c1)S(C)=O. The zero-order valence-corrected chi connectivity index (χ0v) is 9.67. The minimum Gasteiger partial charge on any atom is -0.384 e. The highest BCUT2D eigenvalue weighted by molar-refractivity contribution is 7.84. The third kappa shape index (κ3) is 3.85. The summed E-state index contributed by atoms with van der Waals surface area (Å²) in [7, 11) is -0.810. The number of pyridine rings is 1. The Morgan fingerprint density at radius 3 is 3.00 bits per heavy atom. The van der Waals surface area contributed by atoms with E-state index in [1.807, 2.05) is 13.0 Å². The Morgan fingerprint density at radius 1 is 1.67 bits per heavy atom. The van der Waals surface area contributed by atoms with Crippen molar-refractivity contribution in [3.8, 4) is 0 Å². The molecule has 4 N–H and O–H groups in total. The summed E-state index contributed by atoms with van der Waals surface area (Å²) < 4.78 is 11.1. The largest absolute Gasteiger partial charge is 0.384 e. The minimum absolute atomic E-state index is 0.118. The van der Waals surface area contributed by atoms with Crippen LogP contribution in [0.2, 0.25) is 0 Å². The van der Waals surface area contributed by atoms with Crippen LogP contribution < -0.4 is 16.6 Å². The normalized spacial score (nSPS) is 14.3. The Morgan fingerprint density at radius 2 is 2.40 bits per heavy atom. The van der Waals surface area contributed by atoms with Gasteiger partial charge in [-0.1, -0.05) is 0 Å². The van der Waals surface area contributed by atoms with E-state index in [-0.39, 0.29) is 5.25 Å². The summed E-state index contributed by atoms with van der Waals surface area (Å²) >= 11 is 0. The van der Waals surface area contributed by atoms with Crippen molar-refractivity contribution >= 4 is 22.3 Å². The highest BCUT2D eigenvalue weighted by Gasteiger charge is 2.05. The molecule has 0 aliphatic rings. The van der Waals surface area contributed by atoms with Gasteiger partial charge in [-0.3, -0.25) is 4.21 Å². The molecule has 1 aromatic rings. The Kier molecular flexibility index (Phi) is 4.51. The lowest BCUT2D eigenvalue weighted by Crippen LogP contribution is -2.20. The number of anilines is 2. The van der Waals surface area contributed by atoms with Crippen LogP contribution in [0, 0.1) is 0 Å². The molecular formula is C9H16N4OS. The van der Waals surface area contributed by atoms with Crippen LogP contribution >= 0.6 is 0 Å². The van der Waals surface area contributed by atoms with Gasteiger partial charge in [-0.2, -0.15) is 0 Å². The molecule has 1 rings (SSSR count). The standard InChI is InChI=1S/C9H16N4OS/c1-7(15(2)14)6-12-8-3-4-11-9(5-8)13-10/h3-5,7H,6,10H2,1-2H3,(H2,11,12,13). The maximum Gasteiger partial charge on any atom is 0.141 e. The molecule has 1 heterocycles. The van der Waals surface area contributed by atoms with Crippen LogP contribution in [0.3, 0.4) is 0 Å². The van der Waals surface area contributed by atoms with E-state index >= 15 is 0 Å². The summed E-state index contributed by atoms with van der Waals surface area (Å²) in [6.07, 6.45) is 3.36. The average Bonchev–Trinajstić information content (AvgIpc) is 2.26. The summed E-state index contributed by atoms with van der Waals surface area (Å²) in [5.74, 6) is 5.84. The molecule has 0 spiro atoms. The predicted molar refractivity (Wildman–Crippen MR) is 64.1 cm³/mol. The van der Waals surface area contributed by atoms with E-state index in [0.29, 0.717) is 12.4 Å². The van der Waals surface area contributed by atoms with E-state index < -0.39 is 10.8 Å². The second kappa shape index (κ2) is 5.67. The van der Waals surface area contributed by atoms with Crippen LogP contribution in [0.4, 0.5) is 11.5 Å². The van der Waals surface area contributed by atoms with Gasteiger partial charge in [0, 0.05) is 46.8 Å². The highest BCUT2D eigenvalue weighted by Crippen LogP contribution is 2.10. The molecule has 2 atom stereocenters. The van der Waals surface area contributed by atoms with Gasteiger partial charge in [-0.15, -0.1) is 0 Å². The van der Waals surface area contributed by atoms with Crippen LogP contribution in [-0.2, 0) is 10.8 Å². The molecule has 0 amide bonds. The van der Waals surface area contributed by atoms with Crippen molar-refractivity contribution in [1.29, 1.82) is 0 Å². The summed E-state index contributed by atoms with van der Waals surface area (Å²) in [4.78, 5) is 3.98. The fraction of sp³-hybridized carbons (Fsp3) is 0.444. The number of hydrogen-bond donors (Lipinski definition) is 3. The highest BCUT2D eigenvalue weighted by atomic mass is 32.2. The molecule has 0 fully saturated rings. The molecular weight excluding hydrogens is 212 g/mol. The summed E-state index contributed by atoms with van der Waals surface area (Å²) in [6.45, 7) is 2.60. The van der Waals surface area contributed by atoms with E-state index in [1.54, 1.807) is 18.5 Å². The topological polar surface area (TPSA) is 80.0 Å². The van der Waals surface area contributed by atoms with E-state index in [4.69, 9.17) is 5.84 Å². The van der Waals surface area contributed by atoms with Crippen LogP contribution in [0.15, 0.2) is 18.3 Å². The smallest absolute Gasteiger partial charge is 0.141 e. The molecule has 6 heteroatoms. The first kappa shape index (κ1) is 11.9. The van der Waals surface area contributed by atoms with Crippen molar-refractivity contribution in [2.24, 2.45) is 5.84 Å². The molecule has 1 aromatic heterocycles. The van der Waals surface area contributed by atoms with E-state index in [2.05, 4.69) is 15.7 Å². The first-order valence-electron chi connectivity index (χ1n) is 4.62. The van der Waals surface area contributed by atoms with Crippen LogP contribution in [0.25, 0.3) is 0 Å². The third-order valence-electron chi connectivity index (χ3n) is 2.07.